The van der Waals surface area contributed by atoms with Crippen LogP contribution in [0.15, 0.2) is 24.3 Å². The van der Waals surface area contributed by atoms with Gasteiger partial charge in [0.2, 0.25) is 5.91 Å². The fourth-order valence-electron chi connectivity index (χ4n) is 2.15. The Bertz CT molecular complexity index is 567. The molecule has 22 heavy (non-hydrogen) atoms. The van der Waals surface area contributed by atoms with Crippen LogP contribution in [-0.2, 0) is 4.79 Å². The minimum atomic E-state index is -2.87. The highest BCUT2D eigenvalue weighted by Gasteiger charge is 2.42. The summed E-state index contributed by atoms with van der Waals surface area (Å²) in [7, 11) is 0. The molecule has 0 radical (unpaired) electrons. The SMILES string of the molecule is CC(C#N)(NC(=O)CNc1ccc(OC(F)F)cc1)C1CC1. The van der Waals surface area contributed by atoms with E-state index in [0.717, 1.165) is 12.8 Å². The van der Waals surface area contributed by atoms with Crippen molar-refractivity contribution >= 4 is 11.6 Å². The largest absolute Gasteiger partial charge is 0.435 e. The molecule has 1 aliphatic rings. The van der Waals surface area contributed by atoms with Gasteiger partial charge in [-0.15, -0.1) is 0 Å². The van der Waals surface area contributed by atoms with Crippen LogP contribution in [0.4, 0.5) is 14.5 Å². The lowest BCUT2D eigenvalue weighted by Crippen LogP contribution is -2.48. The summed E-state index contributed by atoms with van der Waals surface area (Å²) in [6, 6.07) is 7.99. The summed E-state index contributed by atoms with van der Waals surface area (Å²) in [5.41, 5.74) is -0.227. The van der Waals surface area contributed by atoms with Crippen LogP contribution in [0.2, 0.25) is 0 Å². The Morgan fingerprint density at radius 3 is 2.59 bits per heavy atom. The van der Waals surface area contributed by atoms with Gasteiger partial charge in [-0.25, -0.2) is 0 Å². The normalized spacial score (nSPS) is 16.5. The van der Waals surface area contributed by atoms with Gasteiger partial charge in [-0.05, 0) is 49.9 Å². The standard InChI is InChI=1S/C15H17F2N3O2/c1-15(9-18,10-2-3-10)20-13(21)8-19-11-4-6-12(7-5-11)22-14(16)17/h4-7,10,14,19H,2-3,8H2,1H3,(H,20,21). The van der Waals surface area contributed by atoms with Gasteiger partial charge in [-0.1, -0.05) is 0 Å². The smallest absolute Gasteiger partial charge is 0.387 e. The molecule has 1 aromatic rings. The lowest BCUT2D eigenvalue weighted by Gasteiger charge is -2.23. The highest BCUT2D eigenvalue weighted by Crippen LogP contribution is 2.39. The number of alkyl halides is 2. The van der Waals surface area contributed by atoms with Gasteiger partial charge in [0.15, 0.2) is 0 Å². The lowest BCUT2D eigenvalue weighted by molar-refractivity contribution is -0.120. The van der Waals surface area contributed by atoms with Crippen LogP contribution >= 0.6 is 0 Å². The summed E-state index contributed by atoms with van der Waals surface area (Å²) in [6.07, 6.45) is 1.90. The second kappa shape index (κ2) is 6.60. The third-order valence-electron chi connectivity index (χ3n) is 3.56. The molecule has 1 fully saturated rings. The van der Waals surface area contributed by atoms with E-state index in [0.29, 0.717) is 5.69 Å². The van der Waals surface area contributed by atoms with E-state index in [1.54, 1.807) is 6.92 Å². The maximum absolute atomic E-state index is 12.0. The number of nitriles is 1. The Morgan fingerprint density at radius 2 is 2.09 bits per heavy atom. The molecule has 2 N–H and O–H groups in total. The number of anilines is 1. The average molecular weight is 309 g/mol. The first-order valence-electron chi connectivity index (χ1n) is 6.94. The Labute approximate surface area is 127 Å². The fourth-order valence-corrected chi connectivity index (χ4v) is 2.15. The molecule has 118 valence electrons. The number of amides is 1. The first-order valence-corrected chi connectivity index (χ1v) is 6.94. The molecule has 0 aromatic heterocycles. The summed E-state index contributed by atoms with van der Waals surface area (Å²) in [4.78, 5) is 11.9. The molecule has 5 nitrogen and oxygen atoms in total. The monoisotopic (exact) mass is 309 g/mol. The van der Waals surface area contributed by atoms with Crippen molar-refractivity contribution in [3.05, 3.63) is 24.3 Å². The van der Waals surface area contributed by atoms with E-state index in [2.05, 4.69) is 21.4 Å². The van der Waals surface area contributed by atoms with E-state index in [9.17, 15) is 18.8 Å². The van der Waals surface area contributed by atoms with Gasteiger partial charge in [0.1, 0.15) is 11.3 Å². The van der Waals surface area contributed by atoms with Gasteiger partial charge >= 0.3 is 6.61 Å². The van der Waals surface area contributed by atoms with Crippen LogP contribution < -0.4 is 15.4 Å². The summed E-state index contributed by atoms with van der Waals surface area (Å²) >= 11 is 0. The summed E-state index contributed by atoms with van der Waals surface area (Å²) in [5, 5.41) is 14.8. The van der Waals surface area contributed by atoms with E-state index in [1.807, 2.05) is 0 Å². The van der Waals surface area contributed by atoms with Gasteiger partial charge in [0.05, 0.1) is 12.6 Å². The molecule has 0 heterocycles. The highest BCUT2D eigenvalue weighted by atomic mass is 19.3. The number of nitrogens with zero attached hydrogens (tertiary/aromatic N) is 1. The number of hydrogen-bond acceptors (Lipinski definition) is 4. The number of nitrogens with one attached hydrogen (secondary N) is 2. The van der Waals surface area contributed by atoms with E-state index < -0.39 is 12.2 Å². The molecule has 7 heteroatoms. The van der Waals surface area contributed by atoms with Crippen LogP contribution in [0, 0.1) is 17.2 Å². The summed E-state index contributed by atoms with van der Waals surface area (Å²) in [6.45, 7) is -1.14. The Kier molecular flexibility index (Phi) is 4.81. The van der Waals surface area contributed by atoms with Gasteiger partial charge < -0.3 is 15.4 Å². The number of carbonyl (C=O) groups is 1. The predicted molar refractivity (Wildman–Crippen MR) is 76.4 cm³/mol. The number of rotatable bonds is 7. The van der Waals surface area contributed by atoms with Crippen LogP contribution in [0.25, 0.3) is 0 Å². The molecular weight excluding hydrogens is 292 g/mol. The van der Waals surface area contributed by atoms with Crippen molar-refractivity contribution in [2.24, 2.45) is 5.92 Å². The first kappa shape index (κ1) is 16.0. The van der Waals surface area contributed by atoms with Crippen molar-refractivity contribution in [3.8, 4) is 11.8 Å². The van der Waals surface area contributed by atoms with Crippen molar-refractivity contribution in [2.45, 2.75) is 31.9 Å². The molecular formula is C15H17F2N3O2. The molecule has 0 aliphatic heterocycles. The first-order chi connectivity index (χ1) is 10.4. The molecule has 1 aromatic carbocycles. The van der Waals surface area contributed by atoms with Gasteiger partial charge in [-0.3, -0.25) is 4.79 Å². The highest BCUT2D eigenvalue weighted by molar-refractivity contribution is 5.81. The number of benzene rings is 1. The maximum atomic E-state index is 12.0. The molecule has 0 spiro atoms. The molecule has 0 saturated heterocycles. The van der Waals surface area contributed by atoms with Gasteiger partial charge in [0, 0.05) is 5.69 Å². The number of ether oxygens (including phenoxy) is 1. The number of carbonyl (C=O) groups excluding carboxylic acids is 1. The van der Waals surface area contributed by atoms with Crippen molar-refractivity contribution in [1.82, 2.24) is 5.32 Å². The van der Waals surface area contributed by atoms with Crippen molar-refractivity contribution < 1.29 is 18.3 Å². The third kappa shape index (κ3) is 4.32. The average Bonchev–Trinajstić information content (AvgIpc) is 3.31. The second-order valence-corrected chi connectivity index (χ2v) is 5.39. The summed E-state index contributed by atoms with van der Waals surface area (Å²) in [5.74, 6) is -0.0214. The Hall–Kier alpha value is -2.36. The zero-order valence-electron chi connectivity index (χ0n) is 12.1. The predicted octanol–water partition coefficient (Wildman–Crippen LogP) is 2.51. The van der Waals surface area contributed by atoms with Gasteiger partial charge in [-0.2, -0.15) is 14.0 Å². The minimum Gasteiger partial charge on any atom is -0.435 e. The third-order valence-corrected chi connectivity index (χ3v) is 3.56. The Morgan fingerprint density at radius 1 is 1.45 bits per heavy atom. The number of halogens is 2. The molecule has 1 aliphatic carbocycles. The van der Waals surface area contributed by atoms with Crippen LogP contribution in [0.5, 0.6) is 5.75 Å². The van der Waals surface area contributed by atoms with E-state index >= 15 is 0 Å². The zero-order chi connectivity index (χ0) is 16.2. The Balaban J connectivity index is 1.82. The van der Waals surface area contributed by atoms with Crippen LogP contribution in [0.3, 0.4) is 0 Å². The van der Waals surface area contributed by atoms with E-state index in [4.69, 9.17) is 0 Å². The van der Waals surface area contributed by atoms with Crippen LogP contribution in [-0.4, -0.2) is 24.6 Å². The number of hydrogen-bond donors (Lipinski definition) is 2. The van der Waals surface area contributed by atoms with E-state index in [-0.39, 0.29) is 24.1 Å². The molecule has 0 bridgehead atoms. The zero-order valence-corrected chi connectivity index (χ0v) is 12.1. The second-order valence-electron chi connectivity index (χ2n) is 5.39. The lowest BCUT2D eigenvalue weighted by atomic mass is 9.98. The minimum absolute atomic E-state index is 0.000951. The van der Waals surface area contributed by atoms with Crippen molar-refractivity contribution in [3.63, 3.8) is 0 Å². The molecule has 1 unspecified atom stereocenters. The molecule has 1 amide bonds. The fraction of sp³-hybridized carbons (Fsp3) is 0.467. The van der Waals surface area contributed by atoms with Gasteiger partial charge in [0.25, 0.3) is 0 Å². The van der Waals surface area contributed by atoms with Crippen molar-refractivity contribution in [1.29, 1.82) is 5.26 Å². The molecule has 1 saturated carbocycles. The summed E-state index contributed by atoms with van der Waals surface area (Å²) < 4.78 is 28.3. The van der Waals surface area contributed by atoms with E-state index in [1.165, 1.54) is 24.3 Å². The quantitative estimate of drug-likeness (QED) is 0.811. The molecule has 1 atom stereocenters. The topological polar surface area (TPSA) is 74.2 Å². The van der Waals surface area contributed by atoms with Crippen LogP contribution in [0.1, 0.15) is 19.8 Å². The van der Waals surface area contributed by atoms with Crippen molar-refractivity contribution in [2.75, 3.05) is 11.9 Å². The maximum Gasteiger partial charge on any atom is 0.387 e. The molecule has 2 rings (SSSR count).